The Hall–Kier alpha value is -0.120. The zero-order valence-electron chi connectivity index (χ0n) is 17.4. The van der Waals surface area contributed by atoms with E-state index in [4.69, 9.17) is 9.47 Å². The van der Waals surface area contributed by atoms with E-state index in [2.05, 4.69) is 34.2 Å². The molecule has 2 saturated heterocycles. The van der Waals surface area contributed by atoms with E-state index in [0.29, 0.717) is 6.04 Å². The maximum absolute atomic E-state index is 5.99. The molecule has 0 radical (unpaired) electrons. The van der Waals surface area contributed by atoms with Gasteiger partial charge >= 0.3 is 0 Å². The maximum atomic E-state index is 5.99. The summed E-state index contributed by atoms with van der Waals surface area (Å²) in [6.45, 7) is 4.38. The average Bonchev–Trinajstić information content (AvgIpc) is 3.21. The first-order valence-electron chi connectivity index (χ1n) is 10.5. The van der Waals surface area contributed by atoms with Crippen LogP contribution in [-0.2, 0) is 9.47 Å². The fraction of sp³-hybridized carbons (Fsp3) is 0.950. The Balaban J connectivity index is 0.00000261. The first kappa shape index (κ1) is 23.2. The number of nitrogens with one attached hydrogen (secondary N) is 1. The zero-order chi connectivity index (χ0) is 18.4. The van der Waals surface area contributed by atoms with Crippen LogP contribution in [0.15, 0.2) is 4.99 Å². The highest BCUT2D eigenvalue weighted by atomic mass is 127. The molecule has 3 rings (SSSR count). The summed E-state index contributed by atoms with van der Waals surface area (Å²) < 4.78 is 11.8. The molecule has 3 aliphatic rings. The Kier molecular flexibility index (Phi) is 10.1. The number of nitrogens with zero attached hydrogens (tertiary/aromatic N) is 3. The molecule has 27 heavy (non-hydrogen) atoms. The van der Waals surface area contributed by atoms with Crippen molar-refractivity contribution in [2.45, 2.75) is 63.2 Å². The molecule has 1 N–H and O–H groups in total. The number of halogens is 1. The van der Waals surface area contributed by atoms with Crippen LogP contribution in [0, 0.1) is 5.92 Å². The smallest absolute Gasteiger partial charge is 0.193 e. The second kappa shape index (κ2) is 11.8. The largest absolute Gasteiger partial charge is 0.375 e. The van der Waals surface area contributed by atoms with Crippen molar-refractivity contribution in [2.75, 3.05) is 54.0 Å². The van der Waals surface area contributed by atoms with E-state index in [9.17, 15) is 0 Å². The Morgan fingerprint density at radius 1 is 1.07 bits per heavy atom. The van der Waals surface area contributed by atoms with Crippen LogP contribution in [0.1, 0.15) is 44.9 Å². The van der Waals surface area contributed by atoms with Crippen LogP contribution in [0.4, 0.5) is 0 Å². The van der Waals surface area contributed by atoms with Gasteiger partial charge in [-0.25, -0.2) is 0 Å². The highest BCUT2D eigenvalue weighted by Gasteiger charge is 2.33. The standard InChI is InChI=1S/C20H38N4O2.HI/c1-21-20(22-14-17(23(2)3)16-8-5-4-6-9-16)24-11-13-26-19(15-24)18-10-7-12-25-18;/h16-19H,4-15H2,1-3H3,(H,21,22);1H. The minimum absolute atomic E-state index is 0. The maximum Gasteiger partial charge on any atom is 0.193 e. The minimum Gasteiger partial charge on any atom is -0.375 e. The van der Waals surface area contributed by atoms with Crippen LogP contribution in [0.3, 0.4) is 0 Å². The van der Waals surface area contributed by atoms with E-state index in [-0.39, 0.29) is 36.2 Å². The van der Waals surface area contributed by atoms with Crippen molar-refractivity contribution in [3.05, 3.63) is 0 Å². The third-order valence-electron chi connectivity index (χ3n) is 6.31. The normalized spacial score (nSPS) is 28.9. The van der Waals surface area contributed by atoms with Gasteiger partial charge < -0.3 is 24.6 Å². The number of aliphatic imine (C=N–C) groups is 1. The monoisotopic (exact) mass is 494 g/mol. The van der Waals surface area contributed by atoms with Gasteiger partial charge in [0.25, 0.3) is 0 Å². The Morgan fingerprint density at radius 2 is 1.81 bits per heavy atom. The summed E-state index contributed by atoms with van der Waals surface area (Å²) in [6, 6.07) is 0.571. The van der Waals surface area contributed by atoms with Gasteiger partial charge in [-0.05, 0) is 45.7 Å². The summed E-state index contributed by atoms with van der Waals surface area (Å²) in [5, 5.41) is 3.67. The van der Waals surface area contributed by atoms with Crippen molar-refractivity contribution >= 4 is 29.9 Å². The predicted octanol–water partition coefficient (Wildman–Crippen LogP) is 2.57. The van der Waals surface area contributed by atoms with Crippen LogP contribution in [0.25, 0.3) is 0 Å². The van der Waals surface area contributed by atoms with Gasteiger partial charge in [-0.1, -0.05) is 19.3 Å². The molecule has 0 aromatic rings. The predicted molar refractivity (Wildman–Crippen MR) is 121 cm³/mol. The average molecular weight is 494 g/mol. The second-order valence-corrected chi connectivity index (χ2v) is 8.26. The summed E-state index contributed by atoms with van der Waals surface area (Å²) in [5.74, 6) is 1.81. The van der Waals surface area contributed by atoms with Crippen LogP contribution in [0.2, 0.25) is 0 Å². The van der Waals surface area contributed by atoms with Gasteiger partial charge in [0.05, 0.1) is 12.7 Å². The lowest BCUT2D eigenvalue weighted by Crippen LogP contribution is -2.55. The number of ether oxygens (including phenoxy) is 2. The van der Waals surface area contributed by atoms with Gasteiger partial charge in [-0.15, -0.1) is 24.0 Å². The molecular formula is C20H39IN4O2. The van der Waals surface area contributed by atoms with Crippen LogP contribution in [0.5, 0.6) is 0 Å². The molecule has 158 valence electrons. The van der Waals surface area contributed by atoms with Gasteiger partial charge in [-0.3, -0.25) is 4.99 Å². The Labute approximate surface area is 182 Å². The van der Waals surface area contributed by atoms with Crippen LogP contribution < -0.4 is 5.32 Å². The summed E-state index contributed by atoms with van der Waals surface area (Å²) in [5.41, 5.74) is 0. The molecule has 7 heteroatoms. The number of rotatable bonds is 5. The third-order valence-corrected chi connectivity index (χ3v) is 6.31. The number of likely N-dealkylation sites (N-methyl/N-ethyl adjacent to an activating group) is 1. The molecule has 3 unspecified atom stereocenters. The second-order valence-electron chi connectivity index (χ2n) is 8.26. The SMILES string of the molecule is CN=C(NCC(C1CCCCC1)N(C)C)N1CCOC(C2CCCO2)C1.I. The summed E-state index contributed by atoms with van der Waals surface area (Å²) in [7, 11) is 6.32. The Morgan fingerprint density at radius 3 is 2.44 bits per heavy atom. The molecule has 0 aromatic carbocycles. The van der Waals surface area contributed by atoms with E-state index in [1.165, 1.54) is 32.1 Å². The molecule has 1 saturated carbocycles. The van der Waals surface area contributed by atoms with Gasteiger partial charge in [0, 0.05) is 39.3 Å². The van der Waals surface area contributed by atoms with E-state index in [1.54, 1.807) is 0 Å². The lowest BCUT2D eigenvalue weighted by Gasteiger charge is -2.39. The van der Waals surface area contributed by atoms with Crippen molar-refractivity contribution in [2.24, 2.45) is 10.9 Å². The van der Waals surface area contributed by atoms with Gasteiger partial charge in [0.15, 0.2) is 5.96 Å². The molecule has 0 amide bonds. The third kappa shape index (κ3) is 6.44. The van der Waals surface area contributed by atoms with E-state index in [0.717, 1.165) is 57.6 Å². The van der Waals surface area contributed by atoms with Crippen molar-refractivity contribution in [3.8, 4) is 0 Å². The lowest BCUT2D eigenvalue weighted by molar-refractivity contribution is -0.0817. The molecule has 6 nitrogen and oxygen atoms in total. The number of hydrogen-bond donors (Lipinski definition) is 1. The highest BCUT2D eigenvalue weighted by molar-refractivity contribution is 14.0. The molecule has 0 aromatic heterocycles. The first-order valence-corrected chi connectivity index (χ1v) is 10.5. The number of guanidine groups is 1. The van der Waals surface area contributed by atoms with Crippen molar-refractivity contribution in [1.29, 1.82) is 0 Å². The molecular weight excluding hydrogens is 455 g/mol. The number of hydrogen-bond acceptors (Lipinski definition) is 4. The van der Waals surface area contributed by atoms with Crippen molar-refractivity contribution < 1.29 is 9.47 Å². The van der Waals surface area contributed by atoms with Gasteiger partial charge in [0.1, 0.15) is 6.10 Å². The van der Waals surface area contributed by atoms with Crippen molar-refractivity contribution in [1.82, 2.24) is 15.1 Å². The van der Waals surface area contributed by atoms with E-state index in [1.807, 2.05) is 7.05 Å². The molecule has 2 aliphatic heterocycles. The topological polar surface area (TPSA) is 49.3 Å². The number of morpholine rings is 1. The van der Waals surface area contributed by atoms with Crippen LogP contribution in [-0.4, -0.2) is 88.0 Å². The molecule has 1 aliphatic carbocycles. The Bertz CT molecular complexity index is 451. The summed E-state index contributed by atoms with van der Waals surface area (Å²) in [6.07, 6.45) is 9.61. The quantitative estimate of drug-likeness (QED) is 0.362. The summed E-state index contributed by atoms with van der Waals surface area (Å²) in [4.78, 5) is 9.31. The highest BCUT2D eigenvalue weighted by Crippen LogP contribution is 2.28. The van der Waals surface area contributed by atoms with Crippen LogP contribution >= 0.6 is 24.0 Å². The fourth-order valence-electron chi connectivity index (χ4n) is 4.81. The van der Waals surface area contributed by atoms with E-state index < -0.39 is 0 Å². The lowest BCUT2D eigenvalue weighted by atomic mass is 9.83. The minimum atomic E-state index is 0. The van der Waals surface area contributed by atoms with Crippen molar-refractivity contribution in [3.63, 3.8) is 0 Å². The van der Waals surface area contributed by atoms with Gasteiger partial charge in [0.2, 0.25) is 0 Å². The van der Waals surface area contributed by atoms with Gasteiger partial charge in [-0.2, -0.15) is 0 Å². The first-order chi connectivity index (χ1) is 12.7. The summed E-state index contributed by atoms with van der Waals surface area (Å²) >= 11 is 0. The fourth-order valence-corrected chi connectivity index (χ4v) is 4.81. The van der Waals surface area contributed by atoms with E-state index >= 15 is 0 Å². The molecule has 0 bridgehead atoms. The molecule has 2 heterocycles. The zero-order valence-corrected chi connectivity index (χ0v) is 19.7. The molecule has 3 atom stereocenters. The molecule has 0 spiro atoms. The molecule has 3 fully saturated rings.